The van der Waals surface area contributed by atoms with Crippen molar-refractivity contribution >= 4 is 11.8 Å². The van der Waals surface area contributed by atoms with Gasteiger partial charge >= 0.3 is 0 Å². The van der Waals surface area contributed by atoms with Gasteiger partial charge in [0, 0.05) is 17.0 Å². The van der Waals surface area contributed by atoms with Crippen LogP contribution in [0.1, 0.15) is 13.8 Å². The smallest absolute Gasteiger partial charge is 0.173 e. The number of thioether (sulfide) groups is 1. The fraction of sp³-hybridized carbons (Fsp3) is 0.250. The number of hydrogen-bond acceptors (Lipinski definition) is 3. The lowest BCUT2D eigenvalue weighted by Gasteiger charge is -2.13. The third-order valence-corrected chi connectivity index (χ3v) is 5.05. The summed E-state index contributed by atoms with van der Waals surface area (Å²) in [7, 11) is 1.68. The highest BCUT2D eigenvalue weighted by Gasteiger charge is 2.14. The molecule has 1 aromatic heterocycles. The van der Waals surface area contributed by atoms with Crippen LogP contribution in [0.3, 0.4) is 0 Å². The van der Waals surface area contributed by atoms with Crippen LogP contribution in [-0.2, 0) is 0 Å². The standard InChI is InChI=1S/C20H22N2OS/c1-15(2)14-24-20-21-13-19(16-9-11-18(23-3)12-10-16)22(20)17-7-5-4-6-8-17/h4-13,15H,14H2,1-3H3. The zero-order chi connectivity index (χ0) is 16.9. The second kappa shape index (κ2) is 7.58. The molecule has 4 heteroatoms. The van der Waals surface area contributed by atoms with Crippen molar-refractivity contribution in [3.63, 3.8) is 0 Å². The molecule has 0 fully saturated rings. The normalized spacial score (nSPS) is 11.0. The number of ether oxygens (including phenoxy) is 1. The molecule has 3 nitrogen and oxygen atoms in total. The van der Waals surface area contributed by atoms with Crippen molar-refractivity contribution in [3.05, 3.63) is 60.8 Å². The molecule has 2 aromatic carbocycles. The van der Waals surface area contributed by atoms with Gasteiger partial charge in [0.1, 0.15) is 5.75 Å². The van der Waals surface area contributed by atoms with Gasteiger partial charge in [0.2, 0.25) is 0 Å². The molecule has 1 heterocycles. The van der Waals surface area contributed by atoms with Crippen molar-refractivity contribution in [2.75, 3.05) is 12.9 Å². The van der Waals surface area contributed by atoms with Crippen molar-refractivity contribution in [1.82, 2.24) is 9.55 Å². The number of benzene rings is 2. The Morgan fingerprint density at radius 2 is 1.75 bits per heavy atom. The lowest BCUT2D eigenvalue weighted by Crippen LogP contribution is -2.00. The van der Waals surface area contributed by atoms with Crippen LogP contribution in [0.4, 0.5) is 0 Å². The van der Waals surface area contributed by atoms with Gasteiger partial charge in [-0.3, -0.25) is 4.57 Å². The third kappa shape index (κ3) is 3.65. The number of nitrogens with zero attached hydrogens (tertiary/aromatic N) is 2. The molecule has 0 saturated carbocycles. The minimum Gasteiger partial charge on any atom is -0.497 e. The number of rotatable bonds is 6. The minimum absolute atomic E-state index is 0.625. The van der Waals surface area contributed by atoms with E-state index in [0.29, 0.717) is 5.92 Å². The number of imidazole rings is 1. The molecule has 0 aliphatic rings. The maximum absolute atomic E-state index is 5.26. The Morgan fingerprint density at radius 1 is 1.04 bits per heavy atom. The second-order valence-electron chi connectivity index (χ2n) is 6.03. The van der Waals surface area contributed by atoms with Crippen LogP contribution in [0.5, 0.6) is 5.75 Å². The van der Waals surface area contributed by atoms with E-state index in [0.717, 1.165) is 33.6 Å². The highest BCUT2D eigenvalue weighted by Crippen LogP contribution is 2.31. The second-order valence-corrected chi connectivity index (χ2v) is 7.02. The molecule has 0 atom stereocenters. The number of hydrogen-bond donors (Lipinski definition) is 0. The van der Waals surface area contributed by atoms with Crippen LogP contribution in [0.2, 0.25) is 0 Å². The predicted molar refractivity (Wildman–Crippen MR) is 101 cm³/mol. The first-order chi connectivity index (χ1) is 11.7. The highest BCUT2D eigenvalue weighted by molar-refractivity contribution is 7.99. The molecule has 0 N–H and O–H groups in total. The average molecular weight is 338 g/mol. The molecule has 0 amide bonds. The van der Waals surface area contributed by atoms with E-state index in [2.05, 4.69) is 59.8 Å². The zero-order valence-electron chi connectivity index (χ0n) is 14.3. The quantitative estimate of drug-likeness (QED) is 0.571. The molecular formula is C20H22N2OS. The zero-order valence-corrected chi connectivity index (χ0v) is 15.1. The molecule has 0 bridgehead atoms. The van der Waals surface area contributed by atoms with Crippen LogP contribution in [0.15, 0.2) is 66.0 Å². The number of aromatic nitrogens is 2. The summed E-state index contributed by atoms with van der Waals surface area (Å²) in [5.41, 5.74) is 3.35. The molecule has 0 spiro atoms. The van der Waals surface area contributed by atoms with Gasteiger partial charge in [0.25, 0.3) is 0 Å². The molecule has 3 rings (SSSR count). The number of methoxy groups -OCH3 is 1. The van der Waals surface area contributed by atoms with E-state index in [-0.39, 0.29) is 0 Å². The van der Waals surface area contributed by atoms with Gasteiger partial charge in [-0.15, -0.1) is 0 Å². The van der Waals surface area contributed by atoms with Gasteiger partial charge in [0.05, 0.1) is 19.0 Å². The van der Waals surface area contributed by atoms with Crippen molar-refractivity contribution in [1.29, 1.82) is 0 Å². The summed E-state index contributed by atoms with van der Waals surface area (Å²) in [6.45, 7) is 4.46. The van der Waals surface area contributed by atoms with Crippen LogP contribution in [-0.4, -0.2) is 22.4 Å². The molecule has 3 aromatic rings. The molecule has 124 valence electrons. The van der Waals surface area contributed by atoms with Gasteiger partial charge in [-0.25, -0.2) is 4.98 Å². The SMILES string of the molecule is COc1ccc(-c2cnc(SCC(C)C)n2-c2ccccc2)cc1. The maximum atomic E-state index is 5.26. The Hall–Kier alpha value is -2.20. The maximum Gasteiger partial charge on any atom is 0.173 e. The Balaban J connectivity index is 2.05. The van der Waals surface area contributed by atoms with Crippen molar-refractivity contribution < 1.29 is 4.74 Å². The van der Waals surface area contributed by atoms with E-state index < -0.39 is 0 Å². The van der Waals surface area contributed by atoms with Crippen molar-refractivity contribution in [2.24, 2.45) is 5.92 Å². The Kier molecular flexibility index (Phi) is 5.26. The van der Waals surface area contributed by atoms with Gasteiger partial charge in [-0.05, 0) is 42.3 Å². The Bertz CT molecular complexity index is 779. The highest BCUT2D eigenvalue weighted by atomic mass is 32.2. The van der Waals surface area contributed by atoms with Crippen LogP contribution in [0, 0.1) is 5.92 Å². The lowest BCUT2D eigenvalue weighted by molar-refractivity contribution is 0.415. The van der Waals surface area contributed by atoms with E-state index in [1.165, 1.54) is 0 Å². The molecule has 0 aliphatic carbocycles. The van der Waals surface area contributed by atoms with Crippen molar-refractivity contribution in [2.45, 2.75) is 19.0 Å². The van der Waals surface area contributed by atoms with Crippen molar-refractivity contribution in [3.8, 4) is 22.7 Å². The lowest BCUT2D eigenvalue weighted by atomic mass is 10.1. The summed E-state index contributed by atoms with van der Waals surface area (Å²) < 4.78 is 7.49. The molecule has 0 unspecified atom stereocenters. The topological polar surface area (TPSA) is 27.1 Å². The summed E-state index contributed by atoms with van der Waals surface area (Å²) >= 11 is 1.80. The molecule has 0 radical (unpaired) electrons. The first kappa shape index (κ1) is 16.7. The summed E-state index contributed by atoms with van der Waals surface area (Å²) in [5.74, 6) is 2.53. The monoisotopic (exact) mass is 338 g/mol. The van der Waals surface area contributed by atoms with E-state index in [4.69, 9.17) is 4.74 Å². The Labute approximate surface area is 147 Å². The third-order valence-electron chi connectivity index (χ3n) is 3.68. The van der Waals surface area contributed by atoms with Crippen LogP contribution < -0.4 is 4.74 Å². The van der Waals surface area contributed by atoms with E-state index in [1.54, 1.807) is 18.9 Å². The van der Waals surface area contributed by atoms with E-state index in [1.807, 2.05) is 24.4 Å². The van der Waals surface area contributed by atoms with Gasteiger partial charge < -0.3 is 4.74 Å². The predicted octanol–water partition coefficient (Wildman–Crippen LogP) is 5.30. The molecular weight excluding hydrogens is 316 g/mol. The van der Waals surface area contributed by atoms with Gasteiger partial charge in [0.15, 0.2) is 5.16 Å². The first-order valence-corrected chi connectivity index (χ1v) is 9.08. The number of para-hydroxylation sites is 1. The average Bonchev–Trinajstić information content (AvgIpc) is 3.04. The van der Waals surface area contributed by atoms with E-state index in [9.17, 15) is 0 Å². The molecule has 0 saturated heterocycles. The van der Waals surface area contributed by atoms with Crippen LogP contribution in [0.25, 0.3) is 16.9 Å². The van der Waals surface area contributed by atoms with Gasteiger partial charge in [-0.2, -0.15) is 0 Å². The largest absolute Gasteiger partial charge is 0.497 e. The summed E-state index contributed by atoms with van der Waals surface area (Å²) in [6, 6.07) is 18.5. The summed E-state index contributed by atoms with van der Waals surface area (Å²) in [4.78, 5) is 4.68. The molecule has 0 aliphatic heterocycles. The fourth-order valence-electron chi connectivity index (χ4n) is 2.47. The first-order valence-electron chi connectivity index (χ1n) is 8.09. The Morgan fingerprint density at radius 3 is 2.38 bits per heavy atom. The summed E-state index contributed by atoms with van der Waals surface area (Å²) in [6.07, 6.45) is 1.96. The fourth-order valence-corrected chi connectivity index (χ4v) is 3.41. The van der Waals surface area contributed by atoms with Crippen LogP contribution >= 0.6 is 11.8 Å². The van der Waals surface area contributed by atoms with Gasteiger partial charge in [-0.1, -0.05) is 43.8 Å². The van der Waals surface area contributed by atoms with E-state index >= 15 is 0 Å². The summed E-state index contributed by atoms with van der Waals surface area (Å²) in [5, 5.41) is 1.03. The molecule has 24 heavy (non-hydrogen) atoms. The minimum atomic E-state index is 0.625.